The maximum absolute atomic E-state index is 12.5. The molecule has 0 aliphatic carbocycles. The minimum Gasteiger partial charge on any atom is -0.255 e. The SMILES string of the molecule is Cc1nn(C)c(Cl)c1S(=O)(=O)NC(C)(C)CC(C)(C)C. The highest BCUT2D eigenvalue weighted by Gasteiger charge is 2.33. The van der Waals surface area contributed by atoms with Crippen LogP contribution in [-0.4, -0.2) is 23.7 Å². The Balaban J connectivity index is 3.13. The first-order valence-electron chi connectivity index (χ1n) is 6.48. The number of sulfonamides is 1. The van der Waals surface area contributed by atoms with Crippen molar-refractivity contribution in [3.8, 4) is 0 Å². The van der Waals surface area contributed by atoms with Crippen LogP contribution in [0.25, 0.3) is 0 Å². The number of aromatic nitrogens is 2. The van der Waals surface area contributed by atoms with Gasteiger partial charge in [0, 0.05) is 12.6 Å². The van der Waals surface area contributed by atoms with E-state index in [2.05, 4.69) is 30.6 Å². The summed E-state index contributed by atoms with van der Waals surface area (Å²) in [4.78, 5) is 0.0589. The largest absolute Gasteiger partial charge is 0.255 e. The zero-order valence-electron chi connectivity index (χ0n) is 13.2. The van der Waals surface area contributed by atoms with Crippen LogP contribution in [0.5, 0.6) is 0 Å². The van der Waals surface area contributed by atoms with E-state index in [4.69, 9.17) is 11.6 Å². The molecule has 0 aliphatic heterocycles. The highest BCUT2D eigenvalue weighted by atomic mass is 35.5. The van der Waals surface area contributed by atoms with E-state index in [0.717, 1.165) is 0 Å². The lowest BCUT2D eigenvalue weighted by Gasteiger charge is -2.32. The van der Waals surface area contributed by atoms with Crippen molar-refractivity contribution < 1.29 is 8.42 Å². The molecule has 0 saturated carbocycles. The van der Waals surface area contributed by atoms with Crippen molar-refractivity contribution >= 4 is 21.6 Å². The smallest absolute Gasteiger partial charge is 0.245 e. The predicted octanol–water partition coefficient (Wildman–Crippen LogP) is 2.88. The molecule has 1 N–H and O–H groups in total. The van der Waals surface area contributed by atoms with Gasteiger partial charge in [-0.3, -0.25) is 4.68 Å². The Labute approximate surface area is 126 Å². The van der Waals surface area contributed by atoms with E-state index in [1.165, 1.54) is 4.68 Å². The van der Waals surface area contributed by atoms with E-state index >= 15 is 0 Å². The molecule has 0 aromatic carbocycles. The van der Waals surface area contributed by atoms with Gasteiger partial charge in [0.1, 0.15) is 10.0 Å². The Kier molecular flexibility index (Phi) is 4.64. The van der Waals surface area contributed by atoms with Crippen molar-refractivity contribution in [3.05, 3.63) is 10.8 Å². The fourth-order valence-corrected chi connectivity index (χ4v) is 4.86. The Morgan fingerprint density at radius 3 is 2.10 bits per heavy atom. The van der Waals surface area contributed by atoms with Crippen LogP contribution >= 0.6 is 11.6 Å². The van der Waals surface area contributed by atoms with Crippen LogP contribution in [0.4, 0.5) is 0 Å². The van der Waals surface area contributed by atoms with E-state index in [0.29, 0.717) is 12.1 Å². The van der Waals surface area contributed by atoms with Crippen molar-refractivity contribution in [2.45, 2.75) is 58.4 Å². The average Bonchev–Trinajstić information content (AvgIpc) is 2.33. The molecule has 0 bridgehead atoms. The van der Waals surface area contributed by atoms with Gasteiger partial charge in [-0.25, -0.2) is 13.1 Å². The zero-order valence-corrected chi connectivity index (χ0v) is 14.8. The summed E-state index contributed by atoms with van der Waals surface area (Å²) in [6.45, 7) is 11.6. The quantitative estimate of drug-likeness (QED) is 0.927. The molecule has 1 aromatic heterocycles. The third-order valence-corrected chi connectivity index (χ3v) is 5.14. The standard InChI is InChI=1S/C13H24ClN3O2S/c1-9-10(11(14)17(7)15-9)20(18,19)16-13(5,6)8-12(2,3)4/h16H,8H2,1-7H3. The normalized spacial score (nSPS) is 13.8. The van der Waals surface area contributed by atoms with Crippen molar-refractivity contribution in [1.82, 2.24) is 14.5 Å². The maximum atomic E-state index is 12.5. The third kappa shape index (κ3) is 4.20. The molecule has 0 spiro atoms. The summed E-state index contributed by atoms with van der Waals surface area (Å²) in [5, 5.41) is 4.17. The molecule has 0 saturated heterocycles. The maximum Gasteiger partial charge on any atom is 0.245 e. The Bertz CT molecular complexity index is 598. The summed E-state index contributed by atoms with van der Waals surface area (Å²) in [5.41, 5.74) is -0.153. The fourth-order valence-electron chi connectivity index (χ4n) is 2.69. The fraction of sp³-hybridized carbons (Fsp3) is 0.769. The highest BCUT2D eigenvalue weighted by molar-refractivity contribution is 7.89. The highest BCUT2D eigenvalue weighted by Crippen LogP contribution is 2.30. The van der Waals surface area contributed by atoms with E-state index in [9.17, 15) is 8.42 Å². The average molecular weight is 322 g/mol. The minimum absolute atomic E-state index is 0.0137. The molecular weight excluding hydrogens is 298 g/mol. The molecule has 1 heterocycles. The van der Waals surface area contributed by atoms with E-state index in [1.807, 2.05) is 13.8 Å². The van der Waals surface area contributed by atoms with Gasteiger partial charge in [0.05, 0.1) is 5.69 Å². The van der Waals surface area contributed by atoms with Crippen molar-refractivity contribution in [3.63, 3.8) is 0 Å². The number of aryl methyl sites for hydroxylation is 2. The Hall–Kier alpha value is -0.590. The van der Waals surface area contributed by atoms with Crippen LogP contribution in [0.1, 0.15) is 46.7 Å². The molecular formula is C13H24ClN3O2S. The molecule has 5 nitrogen and oxygen atoms in total. The number of hydrogen-bond acceptors (Lipinski definition) is 3. The van der Waals surface area contributed by atoms with Gasteiger partial charge in [-0.2, -0.15) is 5.10 Å². The second-order valence-corrected chi connectivity index (χ2v) is 9.03. The predicted molar refractivity (Wildman–Crippen MR) is 81.4 cm³/mol. The Morgan fingerprint density at radius 1 is 1.25 bits per heavy atom. The van der Waals surface area contributed by atoms with Gasteiger partial charge >= 0.3 is 0 Å². The second-order valence-electron chi connectivity index (χ2n) is 7.06. The summed E-state index contributed by atoms with van der Waals surface area (Å²) in [6.07, 6.45) is 0.705. The molecule has 0 amide bonds. The lowest BCUT2D eigenvalue weighted by atomic mass is 9.82. The third-order valence-electron chi connectivity index (χ3n) is 2.75. The zero-order chi connectivity index (χ0) is 15.9. The van der Waals surface area contributed by atoms with Gasteiger partial charge < -0.3 is 0 Å². The lowest BCUT2D eigenvalue weighted by molar-refractivity contribution is 0.269. The summed E-state index contributed by atoms with van der Waals surface area (Å²) < 4.78 is 29.2. The number of nitrogens with zero attached hydrogens (tertiary/aromatic N) is 2. The van der Waals surface area contributed by atoms with Gasteiger partial charge in [-0.15, -0.1) is 0 Å². The van der Waals surface area contributed by atoms with Gasteiger partial charge in [0.2, 0.25) is 10.0 Å². The first-order valence-corrected chi connectivity index (χ1v) is 8.34. The van der Waals surface area contributed by atoms with E-state index in [-0.39, 0.29) is 15.5 Å². The molecule has 0 atom stereocenters. The molecule has 20 heavy (non-hydrogen) atoms. The van der Waals surface area contributed by atoms with Crippen molar-refractivity contribution in [2.75, 3.05) is 0 Å². The van der Waals surface area contributed by atoms with Gasteiger partial charge in [-0.05, 0) is 32.6 Å². The molecule has 1 rings (SSSR count). The van der Waals surface area contributed by atoms with E-state index in [1.54, 1.807) is 14.0 Å². The van der Waals surface area contributed by atoms with Crippen LogP contribution < -0.4 is 4.72 Å². The number of nitrogens with one attached hydrogen (secondary N) is 1. The second kappa shape index (κ2) is 5.31. The van der Waals surface area contributed by atoms with Crippen LogP contribution in [0.15, 0.2) is 4.90 Å². The molecule has 116 valence electrons. The van der Waals surface area contributed by atoms with Crippen LogP contribution in [0.2, 0.25) is 5.15 Å². The number of hydrogen-bond donors (Lipinski definition) is 1. The molecule has 7 heteroatoms. The minimum atomic E-state index is -3.70. The first kappa shape index (κ1) is 17.5. The number of rotatable bonds is 4. The van der Waals surface area contributed by atoms with Crippen molar-refractivity contribution in [2.24, 2.45) is 12.5 Å². The molecule has 0 aliphatic rings. The first-order chi connectivity index (χ1) is 8.75. The van der Waals surface area contributed by atoms with E-state index < -0.39 is 15.6 Å². The summed E-state index contributed by atoms with van der Waals surface area (Å²) >= 11 is 6.04. The van der Waals surface area contributed by atoms with Crippen LogP contribution in [-0.2, 0) is 17.1 Å². The van der Waals surface area contributed by atoms with Gasteiger partial charge in [0.25, 0.3) is 0 Å². The van der Waals surface area contributed by atoms with Crippen molar-refractivity contribution in [1.29, 1.82) is 0 Å². The van der Waals surface area contributed by atoms with Crippen LogP contribution in [0.3, 0.4) is 0 Å². The monoisotopic (exact) mass is 321 g/mol. The topological polar surface area (TPSA) is 64.0 Å². The Morgan fingerprint density at radius 2 is 1.75 bits per heavy atom. The van der Waals surface area contributed by atoms with Gasteiger partial charge in [-0.1, -0.05) is 32.4 Å². The van der Waals surface area contributed by atoms with Gasteiger partial charge in [0.15, 0.2) is 0 Å². The number of halogens is 1. The summed E-state index contributed by atoms with van der Waals surface area (Å²) in [5.74, 6) is 0. The molecule has 0 fully saturated rings. The molecule has 0 unspecified atom stereocenters. The van der Waals surface area contributed by atoms with Crippen LogP contribution in [0, 0.1) is 12.3 Å². The summed E-state index contributed by atoms with van der Waals surface area (Å²) in [7, 11) is -2.08. The summed E-state index contributed by atoms with van der Waals surface area (Å²) in [6, 6.07) is 0. The lowest BCUT2D eigenvalue weighted by Crippen LogP contribution is -2.45. The molecule has 1 aromatic rings. The molecule has 0 radical (unpaired) electrons.